The number of thiazole rings is 1. The standard InChI is InChI=1S/C29H39BrN4O3S2/c1-8-18(4)34(28(36)37-29(5,6)7)14-12-24(35)32-27-25(20-11-13-33(17(2)3)16-23(20)39-27)26-31-21-15-19(30)9-10-22(21)38-26/h9-10,15,17-18H,8,11-14,16H2,1-7H3,(H,32,35). The van der Waals surface area contributed by atoms with Crippen LogP contribution in [0.2, 0.25) is 0 Å². The predicted molar refractivity (Wildman–Crippen MR) is 166 cm³/mol. The highest BCUT2D eigenvalue weighted by molar-refractivity contribution is 9.10. The highest BCUT2D eigenvalue weighted by atomic mass is 79.9. The molecule has 1 aliphatic heterocycles. The number of carbonyl (C=O) groups excluding carboxylic acids is 2. The third-order valence-corrected chi connectivity index (χ3v) is 9.64. The van der Waals surface area contributed by atoms with Crippen LogP contribution in [0.4, 0.5) is 9.80 Å². The van der Waals surface area contributed by atoms with Gasteiger partial charge >= 0.3 is 6.09 Å². The molecule has 0 bridgehead atoms. The van der Waals surface area contributed by atoms with Crippen LogP contribution in [0.25, 0.3) is 20.8 Å². The van der Waals surface area contributed by atoms with Crippen LogP contribution >= 0.6 is 38.6 Å². The molecule has 0 radical (unpaired) electrons. The summed E-state index contributed by atoms with van der Waals surface area (Å²) in [4.78, 5) is 36.6. The van der Waals surface area contributed by atoms with Crippen molar-refractivity contribution in [2.75, 3.05) is 18.4 Å². The summed E-state index contributed by atoms with van der Waals surface area (Å²) in [5.41, 5.74) is 2.70. The molecule has 0 saturated heterocycles. The van der Waals surface area contributed by atoms with Gasteiger partial charge in [0, 0.05) is 53.1 Å². The van der Waals surface area contributed by atoms with Crippen molar-refractivity contribution in [1.29, 1.82) is 0 Å². The molecule has 3 heterocycles. The van der Waals surface area contributed by atoms with Crippen molar-refractivity contribution in [2.24, 2.45) is 0 Å². The van der Waals surface area contributed by atoms with Gasteiger partial charge in [-0.15, -0.1) is 22.7 Å². The summed E-state index contributed by atoms with van der Waals surface area (Å²) < 4.78 is 7.73. The maximum absolute atomic E-state index is 13.3. The van der Waals surface area contributed by atoms with Gasteiger partial charge in [0.2, 0.25) is 5.91 Å². The molecule has 1 N–H and O–H groups in total. The Kier molecular flexibility index (Phi) is 9.41. The van der Waals surface area contributed by atoms with E-state index < -0.39 is 5.60 Å². The fraction of sp³-hybridized carbons (Fsp3) is 0.552. The summed E-state index contributed by atoms with van der Waals surface area (Å²) in [5, 5.41) is 4.99. The maximum Gasteiger partial charge on any atom is 0.410 e. The number of hydrogen-bond donors (Lipinski definition) is 1. The maximum atomic E-state index is 13.3. The lowest BCUT2D eigenvalue weighted by Crippen LogP contribution is -2.43. The van der Waals surface area contributed by atoms with E-state index in [1.165, 1.54) is 10.4 Å². The minimum Gasteiger partial charge on any atom is -0.444 e. The van der Waals surface area contributed by atoms with Crippen LogP contribution in [0.1, 0.15) is 71.7 Å². The van der Waals surface area contributed by atoms with Crippen molar-refractivity contribution < 1.29 is 14.3 Å². The van der Waals surface area contributed by atoms with E-state index in [0.29, 0.717) is 12.6 Å². The Morgan fingerprint density at radius 3 is 2.64 bits per heavy atom. The minimum absolute atomic E-state index is 0.0265. The Hall–Kier alpha value is -2.01. The second-order valence-corrected chi connectivity index (χ2v) is 14.4. The van der Waals surface area contributed by atoms with Gasteiger partial charge in [-0.25, -0.2) is 9.78 Å². The van der Waals surface area contributed by atoms with E-state index >= 15 is 0 Å². The first-order valence-electron chi connectivity index (χ1n) is 13.6. The van der Waals surface area contributed by atoms with Crippen LogP contribution in [0.5, 0.6) is 0 Å². The number of fused-ring (bicyclic) bond motifs is 2. The van der Waals surface area contributed by atoms with Crippen LogP contribution in [-0.2, 0) is 22.5 Å². The highest BCUT2D eigenvalue weighted by Crippen LogP contribution is 2.46. The van der Waals surface area contributed by atoms with Crippen molar-refractivity contribution >= 4 is 65.8 Å². The lowest BCUT2D eigenvalue weighted by Gasteiger charge is -2.31. The molecule has 1 aromatic carbocycles. The molecule has 7 nitrogen and oxygen atoms in total. The van der Waals surface area contributed by atoms with E-state index in [9.17, 15) is 9.59 Å². The monoisotopic (exact) mass is 634 g/mol. The van der Waals surface area contributed by atoms with Crippen molar-refractivity contribution in [3.63, 3.8) is 0 Å². The lowest BCUT2D eigenvalue weighted by atomic mass is 10.0. The summed E-state index contributed by atoms with van der Waals surface area (Å²) in [7, 11) is 0. The Morgan fingerprint density at radius 1 is 1.23 bits per heavy atom. The average Bonchev–Trinajstić information content (AvgIpc) is 3.42. The van der Waals surface area contributed by atoms with Gasteiger partial charge in [-0.05, 0) is 78.1 Å². The molecule has 1 unspecified atom stereocenters. The van der Waals surface area contributed by atoms with Gasteiger partial charge in [-0.2, -0.15) is 0 Å². The number of carbonyl (C=O) groups is 2. The SMILES string of the molecule is CCC(C)N(CCC(=O)Nc1sc2c(c1-c1nc3cc(Br)ccc3s1)CCN(C(C)C)C2)C(=O)OC(C)(C)C. The van der Waals surface area contributed by atoms with Crippen molar-refractivity contribution in [2.45, 2.75) is 92.0 Å². The smallest absolute Gasteiger partial charge is 0.410 e. The molecule has 2 aromatic heterocycles. The number of aromatic nitrogens is 1. The Labute approximate surface area is 248 Å². The zero-order chi connectivity index (χ0) is 28.5. The zero-order valence-electron chi connectivity index (χ0n) is 23.9. The number of halogens is 1. The number of rotatable bonds is 8. The normalized spacial score (nSPS) is 14.9. The molecular weight excluding hydrogens is 596 g/mol. The van der Waals surface area contributed by atoms with Gasteiger partial charge in [0.1, 0.15) is 15.6 Å². The topological polar surface area (TPSA) is 74.8 Å². The molecule has 0 spiro atoms. The average molecular weight is 636 g/mol. The third-order valence-electron chi connectivity index (χ3n) is 6.96. The highest BCUT2D eigenvalue weighted by Gasteiger charge is 2.30. The first-order chi connectivity index (χ1) is 18.4. The number of thiophene rings is 1. The molecular formula is C29H39BrN4O3S2. The van der Waals surface area contributed by atoms with Gasteiger partial charge in [0.15, 0.2) is 0 Å². The largest absolute Gasteiger partial charge is 0.444 e. The van der Waals surface area contributed by atoms with E-state index in [1.807, 2.05) is 46.8 Å². The van der Waals surface area contributed by atoms with E-state index in [4.69, 9.17) is 9.72 Å². The van der Waals surface area contributed by atoms with Crippen LogP contribution in [0, 0.1) is 0 Å². The van der Waals surface area contributed by atoms with Crippen LogP contribution in [-0.4, -0.2) is 57.6 Å². The molecule has 39 heavy (non-hydrogen) atoms. The van der Waals surface area contributed by atoms with Crippen LogP contribution in [0.3, 0.4) is 0 Å². The van der Waals surface area contributed by atoms with Crippen molar-refractivity contribution in [1.82, 2.24) is 14.8 Å². The number of ether oxygens (including phenoxy) is 1. The predicted octanol–water partition coefficient (Wildman–Crippen LogP) is 7.92. The summed E-state index contributed by atoms with van der Waals surface area (Å²) in [6.45, 7) is 16.2. The van der Waals surface area contributed by atoms with Crippen molar-refractivity contribution in [3.8, 4) is 10.6 Å². The third kappa shape index (κ3) is 7.20. The van der Waals surface area contributed by atoms with Crippen LogP contribution < -0.4 is 5.32 Å². The van der Waals surface area contributed by atoms with Crippen molar-refractivity contribution in [3.05, 3.63) is 33.1 Å². The Balaban J connectivity index is 1.60. The molecule has 10 heteroatoms. The van der Waals surface area contributed by atoms with Gasteiger partial charge in [0.05, 0.1) is 10.2 Å². The Morgan fingerprint density at radius 2 is 1.97 bits per heavy atom. The molecule has 0 fully saturated rings. The van der Waals surface area contributed by atoms with Gasteiger partial charge in [-0.1, -0.05) is 22.9 Å². The Bertz CT molecular complexity index is 1340. The summed E-state index contributed by atoms with van der Waals surface area (Å²) in [6, 6.07) is 6.58. The number of anilines is 1. The van der Waals surface area contributed by atoms with E-state index in [0.717, 1.165) is 56.2 Å². The second-order valence-electron chi connectivity index (χ2n) is 11.4. The van der Waals surface area contributed by atoms with Crippen LogP contribution in [0.15, 0.2) is 22.7 Å². The number of nitrogens with zero attached hydrogens (tertiary/aromatic N) is 3. The van der Waals surface area contributed by atoms with E-state index in [-0.39, 0.29) is 24.5 Å². The quantitative estimate of drug-likeness (QED) is 0.272. The summed E-state index contributed by atoms with van der Waals surface area (Å²) in [5.74, 6) is -0.115. The molecule has 2 amide bonds. The van der Waals surface area contributed by atoms with E-state index in [1.54, 1.807) is 27.6 Å². The molecule has 1 aliphatic rings. The van der Waals surface area contributed by atoms with Gasteiger partial charge < -0.3 is 15.0 Å². The summed E-state index contributed by atoms with van der Waals surface area (Å²) >= 11 is 6.87. The molecule has 4 rings (SSSR count). The molecule has 0 aliphatic carbocycles. The molecule has 0 saturated carbocycles. The summed E-state index contributed by atoms with van der Waals surface area (Å²) in [6.07, 6.45) is 1.51. The number of benzene rings is 1. The molecule has 1 atom stereocenters. The zero-order valence-corrected chi connectivity index (χ0v) is 27.1. The number of hydrogen-bond acceptors (Lipinski definition) is 7. The van der Waals surface area contributed by atoms with Gasteiger partial charge in [-0.3, -0.25) is 9.69 Å². The fourth-order valence-electron chi connectivity index (χ4n) is 4.63. The fourth-order valence-corrected chi connectivity index (χ4v) is 7.36. The second kappa shape index (κ2) is 12.2. The first kappa shape index (κ1) is 30.0. The molecule has 3 aromatic rings. The lowest BCUT2D eigenvalue weighted by molar-refractivity contribution is -0.116. The molecule has 212 valence electrons. The number of nitrogens with one attached hydrogen (secondary N) is 1. The number of amides is 2. The first-order valence-corrected chi connectivity index (χ1v) is 16.0. The minimum atomic E-state index is -0.591. The van der Waals surface area contributed by atoms with E-state index in [2.05, 4.69) is 46.1 Å². The van der Waals surface area contributed by atoms with Gasteiger partial charge in [0.25, 0.3) is 0 Å².